The van der Waals surface area contributed by atoms with Gasteiger partial charge < -0.3 is 14.8 Å². The van der Waals surface area contributed by atoms with Gasteiger partial charge in [0, 0.05) is 6.42 Å². The number of nitrogens with one attached hydrogen (secondary N) is 1. The number of nitrogens with zero attached hydrogens (tertiary/aromatic N) is 1. The molecule has 1 N–H and O–H groups in total. The summed E-state index contributed by atoms with van der Waals surface area (Å²) in [5.74, 6) is 0.738. The third-order valence-electron chi connectivity index (χ3n) is 5.11. The number of imide groups is 1. The first-order valence-electron chi connectivity index (χ1n) is 9.18. The zero-order valence-electron chi connectivity index (χ0n) is 15.8. The summed E-state index contributed by atoms with van der Waals surface area (Å²) >= 11 is 6.34. The van der Waals surface area contributed by atoms with Crippen molar-refractivity contribution in [3.05, 3.63) is 58.1 Å². The monoisotopic (exact) mass is 400 g/mol. The summed E-state index contributed by atoms with van der Waals surface area (Å²) in [6, 6.07) is 10.6. The van der Waals surface area contributed by atoms with Crippen molar-refractivity contribution in [1.29, 1.82) is 0 Å². The molecule has 0 aliphatic carbocycles. The lowest BCUT2D eigenvalue weighted by Gasteiger charge is -2.22. The molecule has 1 unspecified atom stereocenters. The van der Waals surface area contributed by atoms with Gasteiger partial charge in [0.2, 0.25) is 0 Å². The van der Waals surface area contributed by atoms with E-state index in [-0.39, 0.29) is 12.5 Å². The third-order valence-corrected chi connectivity index (χ3v) is 5.39. The molecule has 4 rings (SSSR count). The van der Waals surface area contributed by atoms with Crippen molar-refractivity contribution in [2.24, 2.45) is 0 Å². The lowest BCUT2D eigenvalue weighted by Crippen LogP contribution is -2.40. The van der Waals surface area contributed by atoms with E-state index in [1.165, 1.54) is 4.90 Å². The fourth-order valence-corrected chi connectivity index (χ4v) is 3.77. The van der Waals surface area contributed by atoms with Crippen LogP contribution in [0.1, 0.15) is 30.0 Å². The molecule has 1 saturated heterocycles. The maximum absolute atomic E-state index is 13.1. The zero-order chi connectivity index (χ0) is 19.9. The van der Waals surface area contributed by atoms with Gasteiger partial charge in [-0.05, 0) is 37.1 Å². The van der Waals surface area contributed by atoms with Gasteiger partial charge in [-0.25, -0.2) is 4.79 Å². The van der Waals surface area contributed by atoms with Gasteiger partial charge in [0.05, 0.1) is 24.8 Å². The van der Waals surface area contributed by atoms with Gasteiger partial charge in [0.15, 0.2) is 11.5 Å². The highest BCUT2D eigenvalue weighted by Crippen LogP contribution is 2.39. The Labute approximate surface area is 168 Å². The van der Waals surface area contributed by atoms with Gasteiger partial charge in [0.25, 0.3) is 5.91 Å². The second-order valence-corrected chi connectivity index (χ2v) is 7.68. The first-order valence-corrected chi connectivity index (χ1v) is 9.55. The van der Waals surface area contributed by atoms with Gasteiger partial charge in [-0.1, -0.05) is 41.4 Å². The summed E-state index contributed by atoms with van der Waals surface area (Å²) in [6.45, 7) is 4.86. The Morgan fingerprint density at radius 1 is 1.14 bits per heavy atom. The molecular formula is C21H21ClN2O4. The van der Waals surface area contributed by atoms with Crippen LogP contribution in [0.3, 0.4) is 0 Å². The van der Waals surface area contributed by atoms with E-state index in [4.69, 9.17) is 21.1 Å². The number of fused-ring (bicyclic) bond motifs is 1. The first-order chi connectivity index (χ1) is 13.4. The summed E-state index contributed by atoms with van der Waals surface area (Å²) < 4.78 is 11.3. The summed E-state index contributed by atoms with van der Waals surface area (Å²) in [7, 11) is 0. The topological polar surface area (TPSA) is 67.9 Å². The van der Waals surface area contributed by atoms with Crippen LogP contribution in [0.25, 0.3) is 0 Å². The number of carbonyl (C=O) groups excluding carboxylic acids is 2. The molecule has 2 aromatic carbocycles. The number of amides is 3. The van der Waals surface area contributed by atoms with Crippen molar-refractivity contribution in [3.8, 4) is 11.5 Å². The Bertz CT molecular complexity index is 944. The molecule has 0 aromatic heterocycles. The molecule has 1 fully saturated rings. The van der Waals surface area contributed by atoms with E-state index in [0.29, 0.717) is 35.3 Å². The van der Waals surface area contributed by atoms with Crippen LogP contribution in [-0.2, 0) is 16.9 Å². The highest BCUT2D eigenvalue weighted by molar-refractivity contribution is 6.32. The SMILES string of the molecule is Cc1ccc(C2(C)NC(=O)N(Cc3cc(Cl)c4c(c3)OCCCO4)C2=O)cc1. The van der Waals surface area contributed by atoms with E-state index in [1.54, 1.807) is 19.1 Å². The van der Waals surface area contributed by atoms with Crippen LogP contribution in [0.4, 0.5) is 4.79 Å². The van der Waals surface area contributed by atoms with E-state index in [1.807, 2.05) is 31.2 Å². The van der Waals surface area contributed by atoms with Crippen LogP contribution in [0, 0.1) is 6.92 Å². The molecule has 1 atom stereocenters. The Balaban J connectivity index is 1.61. The molecule has 6 nitrogen and oxygen atoms in total. The van der Waals surface area contributed by atoms with Crippen LogP contribution < -0.4 is 14.8 Å². The van der Waals surface area contributed by atoms with Gasteiger partial charge in [0.1, 0.15) is 5.54 Å². The highest BCUT2D eigenvalue weighted by atomic mass is 35.5. The summed E-state index contributed by atoms with van der Waals surface area (Å²) in [5, 5.41) is 3.23. The van der Waals surface area contributed by atoms with Crippen LogP contribution in [0.2, 0.25) is 5.02 Å². The molecule has 7 heteroatoms. The molecule has 3 amide bonds. The van der Waals surface area contributed by atoms with Crippen LogP contribution in [0.15, 0.2) is 36.4 Å². The first kappa shape index (κ1) is 18.6. The number of carbonyl (C=O) groups is 2. The molecule has 2 heterocycles. The fraction of sp³-hybridized carbons (Fsp3) is 0.333. The third kappa shape index (κ3) is 3.18. The number of hydrogen-bond donors (Lipinski definition) is 1. The number of hydrogen-bond acceptors (Lipinski definition) is 4. The Hall–Kier alpha value is -2.73. The Morgan fingerprint density at radius 2 is 1.86 bits per heavy atom. The number of aryl methyl sites for hydroxylation is 1. The zero-order valence-corrected chi connectivity index (χ0v) is 16.5. The Kier molecular flexibility index (Phi) is 4.67. The maximum Gasteiger partial charge on any atom is 0.325 e. The van der Waals surface area contributed by atoms with Crippen LogP contribution in [-0.4, -0.2) is 30.1 Å². The number of ether oxygens (including phenoxy) is 2. The second-order valence-electron chi connectivity index (χ2n) is 7.27. The van der Waals surface area contributed by atoms with Crippen molar-refractivity contribution in [3.63, 3.8) is 0 Å². The Morgan fingerprint density at radius 3 is 2.61 bits per heavy atom. The quantitative estimate of drug-likeness (QED) is 0.796. The number of urea groups is 1. The second kappa shape index (κ2) is 7.02. The molecule has 28 heavy (non-hydrogen) atoms. The maximum atomic E-state index is 13.1. The minimum Gasteiger partial charge on any atom is -0.489 e. The molecule has 0 bridgehead atoms. The number of rotatable bonds is 3. The average molecular weight is 401 g/mol. The molecule has 0 spiro atoms. The van der Waals surface area contributed by atoms with E-state index in [2.05, 4.69) is 5.32 Å². The lowest BCUT2D eigenvalue weighted by molar-refractivity contribution is -0.131. The number of benzene rings is 2. The van der Waals surface area contributed by atoms with E-state index in [9.17, 15) is 9.59 Å². The largest absolute Gasteiger partial charge is 0.489 e. The highest BCUT2D eigenvalue weighted by Gasteiger charge is 2.48. The molecule has 0 saturated carbocycles. The minimum absolute atomic E-state index is 0.0997. The van der Waals surface area contributed by atoms with Crippen molar-refractivity contribution >= 4 is 23.5 Å². The predicted molar refractivity (Wildman–Crippen MR) is 105 cm³/mol. The molecule has 0 radical (unpaired) electrons. The number of halogens is 1. The minimum atomic E-state index is -1.10. The smallest absolute Gasteiger partial charge is 0.325 e. The summed E-state index contributed by atoms with van der Waals surface area (Å²) in [5.41, 5.74) is 1.43. The molecular weight excluding hydrogens is 380 g/mol. The van der Waals surface area contributed by atoms with E-state index in [0.717, 1.165) is 17.5 Å². The predicted octanol–water partition coefficient (Wildman–Crippen LogP) is 3.78. The molecule has 2 aromatic rings. The normalized spacial score (nSPS) is 21.5. The molecule has 2 aliphatic rings. The van der Waals surface area contributed by atoms with E-state index >= 15 is 0 Å². The molecule has 2 aliphatic heterocycles. The summed E-state index contributed by atoms with van der Waals surface area (Å²) in [6.07, 6.45) is 0.766. The van der Waals surface area contributed by atoms with Crippen molar-refractivity contribution < 1.29 is 19.1 Å². The van der Waals surface area contributed by atoms with Crippen LogP contribution in [0.5, 0.6) is 11.5 Å². The molecule has 146 valence electrons. The lowest BCUT2D eigenvalue weighted by atomic mass is 9.91. The van der Waals surface area contributed by atoms with E-state index < -0.39 is 11.6 Å². The van der Waals surface area contributed by atoms with Gasteiger partial charge in [-0.2, -0.15) is 0 Å². The van der Waals surface area contributed by atoms with Crippen molar-refractivity contribution in [1.82, 2.24) is 10.2 Å². The van der Waals surface area contributed by atoms with Gasteiger partial charge in [-0.3, -0.25) is 9.69 Å². The van der Waals surface area contributed by atoms with Gasteiger partial charge in [-0.15, -0.1) is 0 Å². The van der Waals surface area contributed by atoms with Crippen molar-refractivity contribution in [2.45, 2.75) is 32.4 Å². The summed E-state index contributed by atoms with van der Waals surface area (Å²) in [4.78, 5) is 26.9. The van der Waals surface area contributed by atoms with Crippen molar-refractivity contribution in [2.75, 3.05) is 13.2 Å². The van der Waals surface area contributed by atoms with Crippen LogP contribution >= 0.6 is 11.6 Å². The average Bonchev–Trinajstić information content (AvgIpc) is 2.84. The standard InChI is InChI=1S/C21H21ClN2O4/c1-13-4-6-15(7-5-13)21(2)19(25)24(20(26)23-21)12-14-10-16(22)18-17(11-14)27-8-3-9-28-18/h4-7,10-11H,3,8-9,12H2,1-2H3,(H,23,26). The van der Waals surface area contributed by atoms with Gasteiger partial charge >= 0.3 is 6.03 Å². The fourth-order valence-electron chi connectivity index (χ4n) is 3.48.